The fourth-order valence-electron chi connectivity index (χ4n) is 4.83. The predicted octanol–water partition coefficient (Wildman–Crippen LogP) is 9.13. The third-order valence-corrected chi connectivity index (χ3v) is 6.39. The van der Waals surface area contributed by atoms with E-state index in [1.165, 1.54) is 84.0 Å². The molecule has 0 aromatic heterocycles. The molecule has 0 spiro atoms. The predicted molar refractivity (Wildman–Crippen MR) is 133 cm³/mol. The van der Waals surface area contributed by atoms with Gasteiger partial charge in [-0.05, 0) is 69.5 Å². The lowest BCUT2D eigenvalue weighted by molar-refractivity contribution is 0.695. The normalized spacial score (nSPS) is 11.4. The minimum Gasteiger partial charge on any atom is -0.0654 e. The first-order chi connectivity index (χ1) is 14.8. The molecule has 0 nitrogen and oxygen atoms in total. The Kier molecular flexibility index (Phi) is 6.84. The van der Waals surface area contributed by atoms with E-state index in [2.05, 4.69) is 86.6 Å². The summed E-state index contributed by atoms with van der Waals surface area (Å²) in [7, 11) is 0. The summed E-state index contributed by atoms with van der Waals surface area (Å²) in [4.78, 5) is 0. The molecule has 0 atom stereocenters. The van der Waals surface area contributed by atoms with Crippen molar-refractivity contribution in [2.45, 2.75) is 65.2 Å². The van der Waals surface area contributed by atoms with E-state index < -0.39 is 0 Å². The largest absolute Gasteiger partial charge is 0.0654 e. The number of hydrogen-bond donors (Lipinski definition) is 0. The van der Waals surface area contributed by atoms with Gasteiger partial charge in [-0.3, -0.25) is 0 Å². The molecule has 0 fully saturated rings. The van der Waals surface area contributed by atoms with Crippen LogP contribution in [0.1, 0.15) is 63.5 Å². The lowest BCUT2D eigenvalue weighted by atomic mass is 9.84. The molecule has 0 radical (unpaired) electrons. The minimum absolute atomic E-state index is 1.18. The standard InChI is InChI=1S/C30H34/c1-3-5-7-15-24-22-25-16-10-12-20-28(25)30(27(24)19-8-6-4-2)29-21-13-17-23-14-9-11-18-26(23)29/h9-14,16-18,20-22H,3-8,15,19H2,1-2H3. The Morgan fingerprint density at radius 1 is 0.567 bits per heavy atom. The highest BCUT2D eigenvalue weighted by Gasteiger charge is 2.16. The molecule has 30 heavy (non-hydrogen) atoms. The third kappa shape index (κ3) is 4.29. The van der Waals surface area contributed by atoms with E-state index in [0.717, 1.165) is 0 Å². The molecular weight excluding hydrogens is 360 g/mol. The second kappa shape index (κ2) is 9.94. The summed E-state index contributed by atoms with van der Waals surface area (Å²) in [6.07, 6.45) is 10.1. The smallest absolute Gasteiger partial charge is 0.00643 e. The van der Waals surface area contributed by atoms with Crippen molar-refractivity contribution in [2.75, 3.05) is 0 Å². The van der Waals surface area contributed by atoms with E-state index in [1.807, 2.05) is 0 Å². The van der Waals surface area contributed by atoms with Crippen molar-refractivity contribution in [2.24, 2.45) is 0 Å². The third-order valence-electron chi connectivity index (χ3n) is 6.39. The fourth-order valence-corrected chi connectivity index (χ4v) is 4.83. The first-order valence-electron chi connectivity index (χ1n) is 11.8. The van der Waals surface area contributed by atoms with Crippen LogP contribution in [0.2, 0.25) is 0 Å². The number of unbranched alkanes of at least 4 members (excludes halogenated alkanes) is 4. The second-order valence-corrected chi connectivity index (χ2v) is 8.55. The quantitative estimate of drug-likeness (QED) is 0.248. The van der Waals surface area contributed by atoms with Crippen molar-refractivity contribution in [3.05, 3.63) is 83.9 Å². The number of aryl methyl sites for hydroxylation is 1. The molecule has 0 saturated carbocycles. The van der Waals surface area contributed by atoms with E-state index >= 15 is 0 Å². The lowest BCUT2D eigenvalue weighted by Crippen LogP contribution is -2.01. The van der Waals surface area contributed by atoms with Gasteiger partial charge in [0, 0.05) is 0 Å². The maximum absolute atomic E-state index is 2.49. The molecule has 4 aromatic rings. The average molecular weight is 395 g/mol. The van der Waals surface area contributed by atoms with E-state index in [9.17, 15) is 0 Å². The van der Waals surface area contributed by atoms with Gasteiger partial charge < -0.3 is 0 Å². The molecule has 0 bridgehead atoms. The lowest BCUT2D eigenvalue weighted by Gasteiger charge is -2.20. The number of rotatable bonds is 9. The maximum Gasteiger partial charge on any atom is -0.00643 e. The summed E-state index contributed by atoms with van der Waals surface area (Å²) in [5.74, 6) is 0. The maximum atomic E-state index is 2.49. The van der Waals surface area contributed by atoms with Crippen LogP contribution in [-0.4, -0.2) is 0 Å². The molecule has 0 heteroatoms. The van der Waals surface area contributed by atoms with Crippen LogP contribution >= 0.6 is 0 Å². The van der Waals surface area contributed by atoms with Gasteiger partial charge in [0.1, 0.15) is 0 Å². The molecule has 0 N–H and O–H groups in total. The number of fused-ring (bicyclic) bond motifs is 2. The zero-order chi connectivity index (χ0) is 20.8. The van der Waals surface area contributed by atoms with Crippen molar-refractivity contribution in [3.8, 4) is 11.1 Å². The zero-order valence-electron chi connectivity index (χ0n) is 18.6. The molecule has 4 rings (SSSR count). The van der Waals surface area contributed by atoms with Crippen LogP contribution in [0.5, 0.6) is 0 Å². The SMILES string of the molecule is CCCCCc1cc2ccccc2c(-c2cccc3ccccc23)c1CCCCC. The molecule has 0 heterocycles. The first-order valence-corrected chi connectivity index (χ1v) is 11.8. The minimum atomic E-state index is 1.18. The Bertz CT molecular complexity index is 1110. The molecule has 0 aliphatic carbocycles. The van der Waals surface area contributed by atoms with Gasteiger partial charge >= 0.3 is 0 Å². The van der Waals surface area contributed by atoms with Gasteiger partial charge in [-0.1, -0.05) is 112 Å². The topological polar surface area (TPSA) is 0 Å². The molecular formula is C30H34. The number of hydrogen-bond acceptors (Lipinski definition) is 0. The van der Waals surface area contributed by atoms with Crippen LogP contribution < -0.4 is 0 Å². The van der Waals surface area contributed by atoms with E-state index in [0.29, 0.717) is 0 Å². The molecule has 0 unspecified atom stereocenters. The van der Waals surface area contributed by atoms with Crippen LogP contribution in [0.4, 0.5) is 0 Å². The van der Waals surface area contributed by atoms with Crippen molar-refractivity contribution in [3.63, 3.8) is 0 Å². The average Bonchev–Trinajstić information content (AvgIpc) is 2.79. The second-order valence-electron chi connectivity index (χ2n) is 8.55. The molecule has 0 aliphatic heterocycles. The highest BCUT2D eigenvalue weighted by molar-refractivity contribution is 6.07. The summed E-state index contributed by atoms with van der Waals surface area (Å²) < 4.78 is 0. The van der Waals surface area contributed by atoms with Gasteiger partial charge in [-0.2, -0.15) is 0 Å². The zero-order valence-corrected chi connectivity index (χ0v) is 18.6. The van der Waals surface area contributed by atoms with Gasteiger partial charge in [0.15, 0.2) is 0 Å². The van der Waals surface area contributed by atoms with E-state index in [1.54, 1.807) is 11.1 Å². The van der Waals surface area contributed by atoms with Crippen LogP contribution in [0.25, 0.3) is 32.7 Å². The Balaban J connectivity index is 1.98. The molecule has 0 aliphatic rings. The highest BCUT2D eigenvalue weighted by Crippen LogP contribution is 2.39. The first kappa shape index (κ1) is 20.7. The fraction of sp³-hybridized carbons (Fsp3) is 0.333. The monoisotopic (exact) mass is 394 g/mol. The molecule has 4 aromatic carbocycles. The van der Waals surface area contributed by atoms with Crippen LogP contribution in [-0.2, 0) is 12.8 Å². The van der Waals surface area contributed by atoms with E-state index in [4.69, 9.17) is 0 Å². The molecule has 0 saturated heterocycles. The summed E-state index contributed by atoms with van der Waals surface area (Å²) in [5, 5.41) is 5.48. The Labute approximate surface area is 182 Å². The van der Waals surface area contributed by atoms with Crippen molar-refractivity contribution in [1.82, 2.24) is 0 Å². The van der Waals surface area contributed by atoms with Gasteiger partial charge in [0.25, 0.3) is 0 Å². The van der Waals surface area contributed by atoms with Crippen LogP contribution in [0.3, 0.4) is 0 Å². The molecule has 0 amide bonds. The Morgan fingerprint density at radius 2 is 1.20 bits per heavy atom. The Hall–Kier alpha value is -2.60. The summed E-state index contributed by atoms with van der Waals surface area (Å²) in [6, 6.07) is 27.1. The van der Waals surface area contributed by atoms with Gasteiger partial charge in [-0.25, -0.2) is 0 Å². The van der Waals surface area contributed by atoms with Gasteiger partial charge in [0.2, 0.25) is 0 Å². The van der Waals surface area contributed by atoms with E-state index in [-0.39, 0.29) is 0 Å². The van der Waals surface area contributed by atoms with Crippen molar-refractivity contribution in [1.29, 1.82) is 0 Å². The Morgan fingerprint density at radius 3 is 1.97 bits per heavy atom. The van der Waals surface area contributed by atoms with Crippen molar-refractivity contribution >= 4 is 21.5 Å². The van der Waals surface area contributed by atoms with Crippen LogP contribution in [0.15, 0.2) is 72.8 Å². The highest BCUT2D eigenvalue weighted by atomic mass is 14.2. The number of benzene rings is 4. The van der Waals surface area contributed by atoms with Gasteiger partial charge in [-0.15, -0.1) is 0 Å². The van der Waals surface area contributed by atoms with Gasteiger partial charge in [0.05, 0.1) is 0 Å². The summed E-state index contributed by atoms with van der Waals surface area (Å²) in [6.45, 7) is 4.60. The van der Waals surface area contributed by atoms with Crippen molar-refractivity contribution < 1.29 is 0 Å². The summed E-state index contributed by atoms with van der Waals surface area (Å²) >= 11 is 0. The molecule has 154 valence electrons. The van der Waals surface area contributed by atoms with Crippen LogP contribution in [0, 0.1) is 0 Å². The summed E-state index contributed by atoms with van der Waals surface area (Å²) in [5.41, 5.74) is 6.04.